The van der Waals surface area contributed by atoms with E-state index in [0.717, 1.165) is 0 Å². The van der Waals surface area contributed by atoms with Crippen molar-refractivity contribution in [3.63, 3.8) is 0 Å². The molecule has 0 spiro atoms. The highest BCUT2D eigenvalue weighted by molar-refractivity contribution is 5.28. The Morgan fingerprint density at radius 3 is 1.93 bits per heavy atom. The monoisotopic (exact) mass is 357 g/mol. The van der Waals surface area contributed by atoms with Crippen LogP contribution in [0.15, 0.2) is 91.0 Å². The van der Waals surface area contributed by atoms with Crippen LogP contribution in [-0.2, 0) is 6.42 Å². The van der Waals surface area contributed by atoms with Gasteiger partial charge in [-0.15, -0.1) is 0 Å². The fraction of sp³-hybridized carbons (Fsp3) is 0.280. The summed E-state index contributed by atoms with van der Waals surface area (Å²) in [5.74, 6) is 0.0973. The van der Waals surface area contributed by atoms with Crippen molar-refractivity contribution in [1.82, 2.24) is 5.32 Å². The number of piperidine rings is 1. The molecule has 0 radical (unpaired) electrons. The standard InChI is InChI=1S/C25H27NO/c1-19-24(22-15-9-4-10-16-22)26-23(21-13-7-3-8-14-21)18-25(19,27)17-20-11-5-2-6-12-20/h2-16,19,23-24,26-27H,17-18H2,1H3/t19-,23-,24-,25+/m1/s1. The Morgan fingerprint density at radius 2 is 1.33 bits per heavy atom. The summed E-state index contributed by atoms with van der Waals surface area (Å²) in [6, 6.07) is 31.6. The molecule has 0 aromatic heterocycles. The maximum absolute atomic E-state index is 11.8. The van der Waals surface area contributed by atoms with Crippen molar-refractivity contribution in [3.05, 3.63) is 108 Å². The van der Waals surface area contributed by atoms with Crippen molar-refractivity contribution in [2.75, 3.05) is 0 Å². The van der Waals surface area contributed by atoms with Crippen LogP contribution < -0.4 is 5.32 Å². The first-order chi connectivity index (χ1) is 13.2. The topological polar surface area (TPSA) is 32.3 Å². The van der Waals surface area contributed by atoms with Crippen molar-refractivity contribution < 1.29 is 5.11 Å². The fourth-order valence-corrected chi connectivity index (χ4v) is 4.40. The average molecular weight is 357 g/mol. The summed E-state index contributed by atoms with van der Waals surface area (Å²) in [6.45, 7) is 2.18. The Labute approximate surface area is 161 Å². The van der Waals surface area contributed by atoms with Crippen molar-refractivity contribution in [1.29, 1.82) is 0 Å². The SMILES string of the molecule is C[C@@H]1[C@H](c2ccccc2)N[C@@H](c2ccccc2)C[C@@]1(O)Cc1ccccc1. The highest BCUT2D eigenvalue weighted by Crippen LogP contribution is 2.44. The van der Waals surface area contributed by atoms with Gasteiger partial charge < -0.3 is 10.4 Å². The number of hydrogen-bond acceptors (Lipinski definition) is 2. The first-order valence-corrected chi connectivity index (χ1v) is 9.78. The van der Waals surface area contributed by atoms with Gasteiger partial charge in [-0.25, -0.2) is 0 Å². The number of nitrogens with one attached hydrogen (secondary N) is 1. The smallest absolute Gasteiger partial charge is 0.0749 e. The van der Waals surface area contributed by atoms with Crippen LogP contribution in [0.4, 0.5) is 0 Å². The van der Waals surface area contributed by atoms with Gasteiger partial charge >= 0.3 is 0 Å². The average Bonchev–Trinajstić information content (AvgIpc) is 2.72. The molecule has 2 nitrogen and oxygen atoms in total. The first-order valence-electron chi connectivity index (χ1n) is 9.78. The fourth-order valence-electron chi connectivity index (χ4n) is 4.40. The van der Waals surface area contributed by atoms with E-state index in [4.69, 9.17) is 0 Å². The molecule has 3 aromatic carbocycles. The van der Waals surface area contributed by atoms with Gasteiger partial charge in [0.15, 0.2) is 0 Å². The van der Waals surface area contributed by atoms with E-state index in [2.05, 4.69) is 72.9 Å². The zero-order chi connectivity index (χ0) is 18.7. The summed E-state index contributed by atoms with van der Waals surface area (Å²) in [6.07, 6.45) is 1.37. The van der Waals surface area contributed by atoms with E-state index in [1.54, 1.807) is 0 Å². The summed E-state index contributed by atoms with van der Waals surface area (Å²) >= 11 is 0. The van der Waals surface area contributed by atoms with E-state index in [1.807, 2.05) is 30.3 Å². The van der Waals surface area contributed by atoms with E-state index in [0.29, 0.717) is 12.8 Å². The van der Waals surface area contributed by atoms with Gasteiger partial charge in [0.1, 0.15) is 0 Å². The van der Waals surface area contributed by atoms with Gasteiger partial charge in [-0.05, 0) is 23.1 Å². The third-order valence-corrected chi connectivity index (χ3v) is 6.00. The molecule has 0 amide bonds. The Bertz CT molecular complexity index is 849. The molecule has 0 aliphatic carbocycles. The molecule has 1 aliphatic rings. The lowest BCUT2D eigenvalue weighted by molar-refractivity contribution is -0.0674. The molecule has 1 aliphatic heterocycles. The van der Waals surface area contributed by atoms with E-state index in [1.165, 1.54) is 16.7 Å². The van der Waals surface area contributed by atoms with Crippen LogP contribution >= 0.6 is 0 Å². The minimum atomic E-state index is -0.770. The Kier molecular flexibility index (Phi) is 5.11. The van der Waals surface area contributed by atoms with Crippen LogP contribution in [0.2, 0.25) is 0 Å². The molecule has 4 atom stereocenters. The predicted octanol–water partition coefficient (Wildman–Crippen LogP) is 5.07. The van der Waals surface area contributed by atoms with Crippen molar-refractivity contribution in [2.24, 2.45) is 5.92 Å². The normalized spacial score (nSPS) is 28.0. The first kappa shape index (κ1) is 18.0. The van der Waals surface area contributed by atoms with Crippen molar-refractivity contribution in [3.8, 4) is 0 Å². The van der Waals surface area contributed by atoms with Gasteiger partial charge in [0.25, 0.3) is 0 Å². The van der Waals surface area contributed by atoms with Gasteiger partial charge in [-0.1, -0.05) is 97.9 Å². The molecular weight excluding hydrogens is 330 g/mol. The molecular formula is C25H27NO. The second kappa shape index (κ2) is 7.67. The molecule has 3 aromatic rings. The van der Waals surface area contributed by atoms with Crippen LogP contribution in [0.1, 0.15) is 42.1 Å². The number of rotatable bonds is 4. The lowest BCUT2D eigenvalue weighted by Gasteiger charge is -2.48. The van der Waals surface area contributed by atoms with Crippen molar-refractivity contribution in [2.45, 2.75) is 37.5 Å². The number of aliphatic hydroxyl groups is 1. The summed E-state index contributed by atoms with van der Waals surface area (Å²) in [7, 11) is 0. The lowest BCUT2D eigenvalue weighted by Crippen LogP contribution is -2.53. The molecule has 138 valence electrons. The van der Waals surface area contributed by atoms with Crippen molar-refractivity contribution >= 4 is 0 Å². The molecule has 2 heteroatoms. The zero-order valence-corrected chi connectivity index (χ0v) is 15.8. The van der Waals surface area contributed by atoms with Gasteiger partial charge in [-0.3, -0.25) is 0 Å². The van der Waals surface area contributed by atoms with Gasteiger partial charge in [0.05, 0.1) is 5.60 Å². The van der Waals surface area contributed by atoms with Crippen LogP contribution in [0.5, 0.6) is 0 Å². The molecule has 1 heterocycles. The maximum Gasteiger partial charge on any atom is 0.0749 e. The summed E-state index contributed by atoms with van der Waals surface area (Å²) in [5.41, 5.74) is 2.88. The minimum Gasteiger partial charge on any atom is -0.389 e. The highest BCUT2D eigenvalue weighted by Gasteiger charge is 2.45. The predicted molar refractivity (Wildman–Crippen MR) is 110 cm³/mol. The van der Waals surface area contributed by atoms with E-state index in [9.17, 15) is 5.11 Å². The van der Waals surface area contributed by atoms with Crippen LogP contribution in [0.25, 0.3) is 0 Å². The summed E-state index contributed by atoms with van der Waals surface area (Å²) < 4.78 is 0. The Morgan fingerprint density at radius 1 is 0.815 bits per heavy atom. The van der Waals surface area contributed by atoms with Gasteiger partial charge in [0.2, 0.25) is 0 Å². The molecule has 1 fully saturated rings. The van der Waals surface area contributed by atoms with E-state index < -0.39 is 5.60 Å². The zero-order valence-electron chi connectivity index (χ0n) is 15.8. The molecule has 1 saturated heterocycles. The third-order valence-electron chi connectivity index (χ3n) is 6.00. The molecule has 4 rings (SSSR count). The van der Waals surface area contributed by atoms with E-state index in [-0.39, 0.29) is 18.0 Å². The Hall–Kier alpha value is -2.42. The van der Waals surface area contributed by atoms with Crippen LogP contribution in [-0.4, -0.2) is 10.7 Å². The second-order valence-electron chi connectivity index (χ2n) is 7.78. The number of benzene rings is 3. The van der Waals surface area contributed by atoms with E-state index >= 15 is 0 Å². The second-order valence-corrected chi connectivity index (χ2v) is 7.78. The quantitative estimate of drug-likeness (QED) is 0.683. The molecule has 0 bridgehead atoms. The largest absolute Gasteiger partial charge is 0.389 e. The van der Waals surface area contributed by atoms with Gasteiger partial charge in [-0.2, -0.15) is 0 Å². The van der Waals surface area contributed by atoms with Gasteiger partial charge in [0, 0.05) is 24.4 Å². The summed E-state index contributed by atoms with van der Waals surface area (Å²) in [5, 5.41) is 15.6. The van der Waals surface area contributed by atoms with Crippen LogP contribution in [0.3, 0.4) is 0 Å². The molecule has 2 N–H and O–H groups in total. The Balaban J connectivity index is 1.70. The molecule has 0 unspecified atom stereocenters. The lowest BCUT2D eigenvalue weighted by atomic mass is 9.69. The minimum absolute atomic E-state index is 0.0973. The maximum atomic E-state index is 11.8. The van der Waals surface area contributed by atoms with Crippen LogP contribution in [0, 0.1) is 5.92 Å². The number of hydrogen-bond donors (Lipinski definition) is 2. The summed E-state index contributed by atoms with van der Waals surface area (Å²) in [4.78, 5) is 0. The molecule has 0 saturated carbocycles. The highest BCUT2D eigenvalue weighted by atomic mass is 16.3. The third kappa shape index (κ3) is 3.83. The molecule has 27 heavy (non-hydrogen) atoms.